The van der Waals surface area contributed by atoms with Crippen molar-refractivity contribution in [2.24, 2.45) is 11.1 Å². The van der Waals surface area contributed by atoms with E-state index in [2.05, 4.69) is 0 Å². The fourth-order valence-corrected chi connectivity index (χ4v) is 1.60. The fourth-order valence-electron chi connectivity index (χ4n) is 1.60. The first-order valence-electron chi connectivity index (χ1n) is 5.46. The van der Waals surface area contributed by atoms with E-state index >= 15 is 0 Å². The maximum atomic E-state index is 10.8. The Morgan fingerprint density at radius 3 is 2.44 bits per heavy atom. The zero-order chi connectivity index (χ0) is 12.2. The van der Waals surface area contributed by atoms with Crippen molar-refractivity contribution in [3.63, 3.8) is 0 Å². The largest absolute Gasteiger partial charge is 0.480 e. The number of carbonyl (C=O) groups is 1. The monoisotopic (exact) mass is 221 g/mol. The van der Waals surface area contributed by atoms with E-state index in [1.807, 2.05) is 44.2 Å². The number of hydrogen-bond donors (Lipinski definition) is 2. The fraction of sp³-hybridized carbons (Fsp3) is 0.462. The van der Waals surface area contributed by atoms with Crippen LogP contribution in [0.1, 0.15) is 25.8 Å². The molecule has 0 amide bonds. The number of rotatable bonds is 5. The lowest BCUT2D eigenvalue weighted by Gasteiger charge is -2.28. The molecule has 0 saturated carbocycles. The van der Waals surface area contributed by atoms with Crippen molar-refractivity contribution in [2.75, 3.05) is 0 Å². The predicted molar refractivity (Wildman–Crippen MR) is 64.2 cm³/mol. The maximum absolute atomic E-state index is 10.8. The van der Waals surface area contributed by atoms with Gasteiger partial charge in [-0.2, -0.15) is 0 Å². The molecule has 88 valence electrons. The van der Waals surface area contributed by atoms with E-state index in [9.17, 15) is 4.79 Å². The van der Waals surface area contributed by atoms with Crippen molar-refractivity contribution in [3.8, 4) is 0 Å². The third kappa shape index (κ3) is 3.35. The van der Waals surface area contributed by atoms with Crippen LogP contribution in [0.3, 0.4) is 0 Å². The molecular formula is C13H19NO2. The summed E-state index contributed by atoms with van der Waals surface area (Å²) in [5.74, 6) is -0.932. The zero-order valence-electron chi connectivity index (χ0n) is 9.81. The Labute approximate surface area is 96.3 Å². The van der Waals surface area contributed by atoms with Gasteiger partial charge in [-0.25, -0.2) is 0 Å². The van der Waals surface area contributed by atoms with Crippen LogP contribution in [-0.2, 0) is 11.2 Å². The minimum atomic E-state index is -0.932. The molecule has 16 heavy (non-hydrogen) atoms. The van der Waals surface area contributed by atoms with Crippen molar-refractivity contribution in [1.82, 2.24) is 0 Å². The summed E-state index contributed by atoms with van der Waals surface area (Å²) in [4.78, 5) is 10.8. The van der Waals surface area contributed by atoms with Crippen molar-refractivity contribution in [1.29, 1.82) is 0 Å². The number of benzene rings is 1. The highest BCUT2D eigenvalue weighted by Gasteiger charge is 2.31. The Morgan fingerprint density at radius 2 is 1.94 bits per heavy atom. The standard InChI is InChI=1S/C13H19NO2/c1-13(2,11(14)12(15)16)9-8-10-6-4-3-5-7-10/h3-7,11H,8-9,14H2,1-2H3,(H,15,16). The molecule has 0 radical (unpaired) electrons. The molecule has 0 bridgehead atoms. The third-order valence-corrected chi connectivity index (χ3v) is 3.01. The van der Waals surface area contributed by atoms with Gasteiger partial charge in [-0.15, -0.1) is 0 Å². The smallest absolute Gasteiger partial charge is 0.321 e. The summed E-state index contributed by atoms with van der Waals surface area (Å²) in [6.07, 6.45) is 1.62. The van der Waals surface area contributed by atoms with E-state index < -0.39 is 12.0 Å². The van der Waals surface area contributed by atoms with Gasteiger partial charge in [-0.05, 0) is 23.8 Å². The number of carboxylic acids is 1. The first-order valence-corrected chi connectivity index (χ1v) is 5.46. The SMILES string of the molecule is CC(C)(CCc1ccccc1)C(N)C(=O)O. The van der Waals surface area contributed by atoms with E-state index in [1.54, 1.807) is 0 Å². The number of aliphatic carboxylic acids is 1. The van der Waals surface area contributed by atoms with Gasteiger partial charge in [0.1, 0.15) is 6.04 Å². The molecule has 0 fully saturated rings. The highest BCUT2D eigenvalue weighted by molar-refractivity contribution is 5.74. The van der Waals surface area contributed by atoms with Crippen molar-refractivity contribution < 1.29 is 9.90 Å². The van der Waals surface area contributed by atoms with Crippen LogP contribution in [0.15, 0.2) is 30.3 Å². The molecule has 3 nitrogen and oxygen atoms in total. The molecule has 1 unspecified atom stereocenters. The summed E-state index contributed by atoms with van der Waals surface area (Å²) in [5, 5.41) is 8.89. The van der Waals surface area contributed by atoms with Gasteiger partial charge < -0.3 is 10.8 Å². The second-order valence-electron chi connectivity index (χ2n) is 4.79. The molecule has 0 aromatic heterocycles. The maximum Gasteiger partial charge on any atom is 0.321 e. The first kappa shape index (κ1) is 12.7. The Hall–Kier alpha value is -1.35. The predicted octanol–water partition coefficient (Wildman–Crippen LogP) is 2.06. The minimum Gasteiger partial charge on any atom is -0.480 e. The molecular weight excluding hydrogens is 202 g/mol. The Morgan fingerprint density at radius 1 is 1.38 bits per heavy atom. The van der Waals surface area contributed by atoms with Gasteiger partial charge >= 0.3 is 5.97 Å². The van der Waals surface area contributed by atoms with Gasteiger partial charge in [-0.1, -0.05) is 44.2 Å². The molecule has 1 rings (SSSR count). The van der Waals surface area contributed by atoms with Crippen LogP contribution in [0.2, 0.25) is 0 Å². The second-order valence-corrected chi connectivity index (χ2v) is 4.79. The average Bonchev–Trinajstić information content (AvgIpc) is 2.27. The minimum absolute atomic E-state index is 0.387. The van der Waals surface area contributed by atoms with Crippen LogP contribution < -0.4 is 5.73 Å². The normalized spacial score (nSPS) is 13.4. The van der Waals surface area contributed by atoms with Crippen LogP contribution in [0.5, 0.6) is 0 Å². The molecule has 0 aliphatic carbocycles. The molecule has 1 aromatic rings. The van der Waals surface area contributed by atoms with Gasteiger partial charge in [0, 0.05) is 0 Å². The Balaban J connectivity index is 2.57. The van der Waals surface area contributed by atoms with Crippen molar-refractivity contribution in [2.45, 2.75) is 32.7 Å². The molecule has 1 atom stereocenters. The lowest BCUT2D eigenvalue weighted by molar-refractivity contribution is -0.141. The van der Waals surface area contributed by atoms with Crippen molar-refractivity contribution >= 4 is 5.97 Å². The molecule has 3 heteroatoms. The quantitative estimate of drug-likeness (QED) is 0.800. The summed E-state index contributed by atoms with van der Waals surface area (Å²) in [6.45, 7) is 3.80. The van der Waals surface area contributed by atoms with E-state index in [0.29, 0.717) is 0 Å². The van der Waals surface area contributed by atoms with Gasteiger partial charge in [0.05, 0.1) is 0 Å². The van der Waals surface area contributed by atoms with E-state index in [-0.39, 0.29) is 5.41 Å². The second kappa shape index (κ2) is 5.12. The molecule has 3 N–H and O–H groups in total. The number of carboxylic acid groups (broad SMARTS) is 1. The van der Waals surface area contributed by atoms with E-state index in [1.165, 1.54) is 5.56 Å². The third-order valence-electron chi connectivity index (χ3n) is 3.01. The number of nitrogens with two attached hydrogens (primary N) is 1. The average molecular weight is 221 g/mol. The molecule has 0 saturated heterocycles. The zero-order valence-corrected chi connectivity index (χ0v) is 9.81. The first-order chi connectivity index (χ1) is 7.43. The van der Waals surface area contributed by atoms with Gasteiger partial charge in [0.25, 0.3) is 0 Å². The van der Waals surface area contributed by atoms with Gasteiger partial charge in [0.15, 0.2) is 0 Å². The van der Waals surface area contributed by atoms with Crippen LogP contribution >= 0.6 is 0 Å². The van der Waals surface area contributed by atoms with Crippen LogP contribution in [0.4, 0.5) is 0 Å². The molecule has 0 spiro atoms. The molecule has 0 heterocycles. The molecule has 1 aromatic carbocycles. The number of hydrogen-bond acceptors (Lipinski definition) is 2. The van der Waals surface area contributed by atoms with Crippen LogP contribution in [0, 0.1) is 5.41 Å². The topological polar surface area (TPSA) is 63.3 Å². The summed E-state index contributed by atoms with van der Waals surface area (Å²) < 4.78 is 0. The van der Waals surface area contributed by atoms with E-state index in [4.69, 9.17) is 10.8 Å². The summed E-state index contributed by atoms with van der Waals surface area (Å²) in [5.41, 5.74) is 6.49. The summed E-state index contributed by atoms with van der Waals surface area (Å²) in [7, 11) is 0. The van der Waals surface area contributed by atoms with E-state index in [0.717, 1.165) is 12.8 Å². The van der Waals surface area contributed by atoms with Crippen molar-refractivity contribution in [3.05, 3.63) is 35.9 Å². The summed E-state index contributed by atoms with van der Waals surface area (Å²) in [6, 6.07) is 9.22. The highest BCUT2D eigenvalue weighted by atomic mass is 16.4. The lowest BCUT2D eigenvalue weighted by Crippen LogP contribution is -2.44. The molecule has 0 aliphatic rings. The lowest BCUT2D eigenvalue weighted by atomic mass is 9.79. The van der Waals surface area contributed by atoms with Gasteiger partial charge in [-0.3, -0.25) is 4.79 Å². The number of aryl methyl sites for hydroxylation is 1. The van der Waals surface area contributed by atoms with Gasteiger partial charge in [0.2, 0.25) is 0 Å². The summed E-state index contributed by atoms with van der Waals surface area (Å²) >= 11 is 0. The van der Waals surface area contributed by atoms with Crippen LogP contribution in [0.25, 0.3) is 0 Å². The van der Waals surface area contributed by atoms with Crippen LogP contribution in [-0.4, -0.2) is 17.1 Å². The molecule has 0 aliphatic heterocycles. The Bertz CT molecular complexity index is 346. The Kier molecular flexibility index (Phi) is 4.07. The highest BCUT2D eigenvalue weighted by Crippen LogP contribution is 2.26.